The number of carbonyl (C=O) groups excluding carboxylic acids is 2. The van der Waals surface area contributed by atoms with Gasteiger partial charge in [0.25, 0.3) is 11.8 Å². The number of benzene rings is 3. The summed E-state index contributed by atoms with van der Waals surface area (Å²) in [5.41, 5.74) is 6.75. The van der Waals surface area contributed by atoms with Crippen molar-refractivity contribution < 1.29 is 18.4 Å². The fraction of sp³-hybridized carbons (Fsp3) is 0. The normalized spacial score (nSPS) is 11.0. The van der Waals surface area contributed by atoms with Gasteiger partial charge in [0.05, 0.1) is 12.4 Å². The van der Waals surface area contributed by atoms with Crippen LogP contribution in [0.15, 0.2) is 83.0 Å². The number of halogens is 2. The Morgan fingerprint density at radius 3 is 1.27 bits per heavy atom. The fourth-order valence-electron chi connectivity index (χ4n) is 2.33. The summed E-state index contributed by atoms with van der Waals surface area (Å²) in [4.78, 5) is 23.7. The second kappa shape index (κ2) is 9.83. The summed E-state index contributed by atoms with van der Waals surface area (Å²) in [6.45, 7) is 0. The zero-order valence-corrected chi connectivity index (χ0v) is 15.5. The van der Waals surface area contributed by atoms with Crippen LogP contribution in [0.4, 0.5) is 8.78 Å². The highest BCUT2D eigenvalue weighted by Crippen LogP contribution is 2.04. The molecule has 8 heteroatoms. The van der Waals surface area contributed by atoms with Crippen molar-refractivity contribution in [3.05, 3.63) is 107 Å². The molecule has 3 aromatic rings. The van der Waals surface area contributed by atoms with Gasteiger partial charge in [0.2, 0.25) is 0 Å². The molecule has 0 heterocycles. The first-order valence-corrected chi connectivity index (χ1v) is 8.79. The van der Waals surface area contributed by atoms with Gasteiger partial charge in [0, 0.05) is 11.1 Å². The maximum Gasteiger partial charge on any atom is 0.271 e. The molecule has 150 valence electrons. The molecule has 0 aliphatic heterocycles. The smallest absolute Gasteiger partial charge is 0.267 e. The molecule has 6 nitrogen and oxygen atoms in total. The van der Waals surface area contributed by atoms with E-state index < -0.39 is 23.4 Å². The topological polar surface area (TPSA) is 82.9 Å². The van der Waals surface area contributed by atoms with Gasteiger partial charge in [-0.1, -0.05) is 24.3 Å². The first kappa shape index (κ1) is 20.5. The number of carbonyl (C=O) groups is 2. The third kappa shape index (κ3) is 5.90. The highest BCUT2D eigenvalue weighted by Gasteiger charge is 2.04. The lowest BCUT2D eigenvalue weighted by molar-refractivity contribution is 0.0947. The van der Waals surface area contributed by atoms with Crippen LogP contribution in [0.1, 0.15) is 31.8 Å². The predicted molar refractivity (Wildman–Crippen MR) is 109 cm³/mol. The molecular formula is C22H16F2N4O2. The molecule has 2 N–H and O–H groups in total. The summed E-state index contributed by atoms with van der Waals surface area (Å²) < 4.78 is 25.7. The number of nitrogens with zero attached hydrogens (tertiary/aromatic N) is 2. The van der Waals surface area contributed by atoms with Gasteiger partial charge in [-0.05, 0) is 59.7 Å². The lowest BCUT2D eigenvalue weighted by Gasteiger charge is -2.00. The van der Waals surface area contributed by atoms with Crippen molar-refractivity contribution in [3.8, 4) is 0 Å². The molecule has 0 bridgehead atoms. The second-order valence-electron chi connectivity index (χ2n) is 6.08. The van der Waals surface area contributed by atoms with E-state index in [4.69, 9.17) is 0 Å². The van der Waals surface area contributed by atoms with Crippen molar-refractivity contribution in [3.63, 3.8) is 0 Å². The summed E-state index contributed by atoms with van der Waals surface area (Å²) in [6.07, 6.45) is 2.91. The van der Waals surface area contributed by atoms with Gasteiger partial charge in [0.1, 0.15) is 11.6 Å². The Hall–Kier alpha value is -4.20. The molecule has 0 atom stereocenters. The van der Waals surface area contributed by atoms with Crippen molar-refractivity contribution in [2.45, 2.75) is 0 Å². The minimum absolute atomic E-state index is 0.294. The van der Waals surface area contributed by atoms with E-state index in [1.807, 2.05) is 0 Å². The van der Waals surface area contributed by atoms with Crippen LogP contribution in [0, 0.1) is 11.6 Å². The molecule has 3 aromatic carbocycles. The number of rotatable bonds is 6. The minimum atomic E-state index is -0.452. The van der Waals surface area contributed by atoms with Crippen LogP contribution < -0.4 is 10.9 Å². The van der Waals surface area contributed by atoms with E-state index in [1.165, 1.54) is 61.0 Å². The lowest BCUT2D eigenvalue weighted by atomic mass is 10.2. The largest absolute Gasteiger partial charge is 0.271 e. The van der Waals surface area contributed by atoms with E-state index in [1.54, 1.807) is 24.3 Å². The molecule has 0 saturated heterocycles. The maximum absolute atomic E-state index is 12.9. The second-order valence-corrected chi connectivity index (χ2v) is 6.08. The first-order chi connectivity index (χ1) is 14.5. The predicted octanol–water partition coefficient (Wildman–Crippen LogP) is 3.49. The van der Waals surface area contributed by atoms with E-state index in [9.17, 15) is 18.4 Å². The Balaban J connectivity index is 1.50. The van der Waals surface area contributed by atoms with Crippen molar-refractivity contribution in [1.29, 1.82) is 0 Å². The number of amides is 2. The molecule has 0 aliphatic rings. The standard InChI is InChI=1S/C22H16F2N4O2/c23-19-9-5-17(6-10-19)21(29)27-25-13-15-1-2-16(4-3-15)14-26-28-22(30)18-7-11-20(24)12-8-18/h1-14H,(H,27,29)(H,28,30)/b25-13-,26-14-. The summed E-state index contributed by atoms with van der Waals surface area (Å²) in [6, 6.07) is 17.2. The molecule has 0 radical (unpaired) electrons. The number of nitrogens with one attached hydrogen (secondary N) is 2. The van der Waals surface area contributed by atoms with Gasteiger partial charge in [-0.3, -0.25) is 9.59 Å². The molecule has 30 heavy (non-hydrogen) atoms. The maximum atomic E-state index is 12.9. The highest BCUT2D eigenvalue weighted by atomic mass is 19.1. The minimum Gasteiger partial charge on any atom is -0.267 e. The molecule has 0 unspecified atom stereocenters. The quantitative estimate of drug-likeness (QED) is 0.485. The molecule has 0 spiro atoms. The number of hydrazone groups is 2. The van der Waals surface area contributed by atoms with Crippen molar-refractivity contribution in [1.82, 2.24) is 10.9 Å². The monoisotopic (exact) mass is 406 g/mol. The summed E-state index contributed by atoms with van der Waals surface area (Å²) in [5, 5.41) is 7.72. The fourth-order valence-corrected chi connectivity index (χ4v) is 2.33. The zero-order valence-electron chi connectivity index (χ0n) is 15.5. The molecule has 2 amide bonds. The highest BCUT2D eigenvalue weighted by molar-refractivity contribution is 5.95. The Bertz CT molecular complexity index is 989. The van der Waals surface area contributed by atoms with Crippen LogP contribution in [0.3, 0.4) is 0 Å². The van der Waals surface area contributed by atoms with Crippen LogP contribution in [0.2, 0.25) is 0 Å². The SMILES string of the molecule is O=C(N/N=C\c1ccc(/C=N\NC(=O)c2ccc(F)cc2)cc1)c1ccc(F)cc1. The van der Waals surface area contributed by atoms with Crippen LogP contribution in [-0.2, 0) is 0 Å². The summed E-state index contributed by atoms with van der Waals surface area (Å²) in [7, 11) is 0. The van der Waals surface area contributed by atoms with Crippen LogP contribution in [0.25, 0.3) is 0 Å². The van der Waals surface area contributed by atoms with Gasteiger partial charge in [0.15, 0.2) is 0 Å². The van der Waals surface area contributed by atoms with Gasteiger partial charge >= 0.3 is 0 Å². The average molecular weight is 406 g/mol. The van der Waals surface area contributed by atoms with E-state index in [0.717, 1.165) is 11.1 Å². The van der Waals surface area contributed by atoms with E-state index >= 15 is 0 Å². The van der Waals surface area contributed by atoms with E-state index in [0.29, 0.717) is 11.1 Å². The van der Waals surface area contributed by atoms with E-state index in [2.05, 4.69) is 21.1 Å². The van der Waals surface area contributed by atoms with Crippen molar-refractivity contribution >= 4 is 24.2 Å². The Morgan fingerprint density at radius 1 is 0.600 bits per heavy atom. The number of hydrogen-bond acceptors (Lipinski definition) is 4. The van der Waals surface area contributed by atoms with Crippen LogP contribution in [0.5, 0.6) is 0 Å². The molecule has 0 aromatic heterocycles. The molecule has 0 fully saturated rings. The van der Waals surface area contributed by atoms with Gasteiger partial charge < -0.3 is 0 Å². The molecule has 3 rings (SSSR count). The van der Waals surface area contributed by atoms with Crippen molar-refractivity contribution in [2.24, 2.45) is 10.2 Å². The lowest BCUT2D eigenvalue weighted by Crippen LogP contribution is -2.17. The molecular weight excluding hydrogens is 390 g/mol. The number of hydrogen-bond donors (Lipinski definition) is 2. The van der Waals surface area contributed by atoms with E-state index in [-0.39, 0.29) is 0 Å². The first-order valence-electron chi connectivity index (χ1n) is 8.79. The van der Waals surface area contributed by atoms with Crippen LogP contribution >= 0.6 is 0 Å². The average Bonchev–Trinajstić information content (AvgIpc) is 2.75. The molecule has 0 aliphatic carbocycles. The third-order valence-corrected chi connectivity index (χ3v) is 3.91. The summed E-state index contributed by atoms with van der Waals surface area (Å²) >= 11 is 0. The van der Waals surface area contributed by atoms with Crippen LogP contribution in [-0.4, -0.2) is 24.2 Å². The third-order valence-electron chi connectivity index (χ3n) is 3.91. The Morgan fingerprint density at radius 2 is 0.933 bits per heavy atom. The van der Waals surface area contributed by atoms with Gasteiger partial charge in [-0.2, -0.15) is 10.2 Å². The van der Waals surface area contributed by atoms with Gasteiger partial charge in [-0.15, -0.1) is 0 Å². The Labute approximate surface area is 170 Å². The zero-order chi connectivity index (χ0) is 21.3. The Kier molecular flexibility index (Phi) is 6.73. The summed E-state index contributed by atoms with van der Waals surface area (Å²) in [5.74, 6) is -1.75. The van der Waals surface area contributed by atoms with Gasteiger partial charge in [-0.25, -0.2) is 19.6 Å². The molecule has 0 saturated carbocycles. The van der Waals surface area contributed by atoms with Crippen molar-refractivity contribution in [2.75, 3.05) is 0 Å².